The van der Waals surface area contributed by atoms with E-state index in [-0.39, 0.29) is 0 Å². The molecule has 16 heavy (non-hydrogen) atoms. The van der Waals surface area contributed by atoms with E-state index in [2.05, 4.69) is 47.3 Å². The van der Waals surface area contributed by atoms with Crippen LogP contribution in [0.1, 0.15) is 16.8 Å². The zero-order valence-electron chi connectivity index (χ0n) is 9.96. The van der Waals surface area contributed by atoms with Crippen LogP contribution in [0.3, 0.4) is 0 Å². The van der Waals surface area contributed by atoms with Crippen molar-refractivity contribution in [2.45, 2.75) is 20.4 Å². The van der Waals surface area contributed by atoms with Crippen LogP contribution in [0.5, 0.6) is 0 Å². The van der Waals surface area contributed by atoms with E-state index in [9.17, 15) is 0 Å². The Bertz CT molecular complexity index is 486. The topological polar surface area (TPSA) is 40.7 Å². The Labute approximate surface area is 95.9 Å². The zero-order valence-corrected chi connectivity index (χ0v) is 9.96. The molecule has 3 nitrogen and oxygen atoms in total. The summed E-state index contributed by atoms with van der Waals surface area (Å²) in [7, 11) is 1.93. The molecule has 0 aliphatic heterocycles. The molecule has 2 aromatic rings. The highest BCUT2D eigenvalue weighted by Gasteiger charge is 2.06. The summed E-state index contributed by atoms with van der Waals surface area (Å²) in [6.45, 7) is 5.02. The fraction of sp³-hybridized carbons (Fsp3) is 0.308. The number of nitrogens with one attached hydrogen (secondary N) is 2. The van der Waals surface area contributed by atoms with E-state index in [1.54, 1.807) is 0 Å². The fourth-order valence-electron chi connectivity index (χ4n) is 1.77. The molecular formula is C13H17N3. The Morgan fingerprint density at radius 3 is 2.88 bits per heavy atom. The zero-order chi connectivity index (χ0) is 11.5. The van der Waals surface area contributed by atoms with E-state index >= 15 is 0 Å². The SMILES string of the molecule is CNCc1cnc(-c2cc(C)ccc2C)[nH]1. The molecule has 0 spiro atoms. The van der Waals surface area contributed by atoms with Gasteiger partial charge >= 0.3 is 0 Å². The molecule has 0 amide bonds. The van der Waals surface area contributed by atoms with Crippen LogP contribution in [-0.2, 0) is 6.54 Å². The van der Waals surface area contributed by atoms with Crippen molar-refractivity contribution >= 4 is 0 Å². The Hall–Kier alpha value is -1.61. The molecule has 84 valence electrons. The van der Waals surface area contributed by atoms with Gasteiger partial charge in [-0.1, -0.05) is 17.7 Å². The van der Waals surface area contributed by atoms with Crippen molar-refractivity contribution in [1.29, 1.82) is 0 Å². The summed E-state index contributed by atoms with van der Waals surface area (Å²) >= 11 is 0. The molecule has 0 bridgehead atoms. The molecule has 1 aromatic carbocycles. The third kappa shape index (κ3) is 2.14. The highest BCUT2D eigenvalue weighted by molar-refractivity contribution is 5.61. The lowest BCUT2D eigenvalue weighted by molar-refractivity contribution is 0.797. The molecular weight excluding hydrogens is 198 g/mol. The number of aryl methyl sites for hydroxylation is 2. The Morgan fingerprint density at radius 2 is 2.12 bits per heavy atom. The number of imidazole rings is 1. The molecule has 2 rings (SSSR count). The van der Waals surface area contributed by atoms with Gasteiger partial charge in [-0.3, -0.25) is 0 Å². The number of benzene rings is 1. The molecule has 0 unspecified atom stereocenters. The fourth-order valence-corrected chi connectivity index (χ4v) is 1.77. The molecule has 1 heterocycles. The monoisotopic (exact) mass is 215 g/mol. The smallest absolute Gasteiger partial charge is 0.137 e. The van der Waals surface area contributed by atoms with Crippen LogP contribution < -0.4 is 5.32 Å². The maximum atomic E-state index is 4.41. The van der Waals surface area contributed by atoms with Crippen LogP contribution in [0.2, 0.25) is 0 Å². The molecule has 0 atom stereocenters. The van der Waals surface area contributed by atoms with Crippen molar-refractivity contribution in [1.82, 2.24) is 15.3 Å². The number of hydrogen-bond donors (Lipinski definition) is 2. The van der Waals surface area contributed by atoms with E-state index in [1.807, 2.05) is 13.2 Å². The average Bonchev–Trinajstić information content (AvgIpc) is 2.71. The van der Waals surface area contributed by atoms with Gasteiger partial charge in [0, 0.05) is 24.0 Å². The minimum absolute atomic E-state index is 0.817. The molecule has 0 saturated heterocycles. The Balaban J connectivity index is 2.38. The van der Waals surface area contributed by atoms with Gasteiger partial charge < -0.3 is 10.3 Å². The molecule has 0 saturated carbocycles. The van der Waals surface area contributed by atoms with Gasteiger partial charge in [-0.2, -0.15) is 0 Å². The summed E-state index contributed by atoms with van der Waals surface area (Å²) in [6.07, 6.45) is 1.88. The number of nitrogens with zero attached hydrogens (tertiary/aromatic N) is 1. The van der Waals surface area contributed by atoms with E-state index in [1.165, 1.54) is 16.7 Å². The van der Waals surface area contributed by atoms with E-state index in [0.717, 1.165) is 18.1 Å². The first-order valence-corrected chi connectivity index (χ1v) is 5.47. The summed E-state index contributed by atoms with van der Waals surface area (Å²) < 4.78 is 0. The second-order valence-electron chi connectivity index (χ2n) is 4.11. The van der Waals surface area contributed by atoms with E-state index in [0.29, 0.717) is 0 Å². The first-order chi connectivity index (χ1) is 7.70. The minimum Gasteiger partial charge on any atom is -0.341 e. The maximum Gasteiger partial charge on any atom is 0.137 e. The Morgan fingerprint density at radius 1 is 1.31 bits per heavy atom. The normalized spacial score (nSPS) is 10.7. The predicted molar refractivity (Wildman–Crippen MR) is 66.3 cm³/mol. The van der Waals surface area contributed by atoms with Crippen LogP contribution in [0, 0.1) is 13.8 Å². The van der Waals surface area contributed by atoms with Gasteiger partial charge in [0.15, 0.2) is 0 Å². The summed E-state index contributed by atoms with van der Waals surface area (Å²) in [5.41, 5.74) is 4.80. The van der Waals surface area contributed by atoms with Crippen molar-refractivity contribution in [3.05, 3.63) is 41.2 Å². The summed E-state index contributed by atoms with van der Waals surface area (Å²) in [5.74, 6) is 0.950. The summed E-state index contributed by atoms with van der Waals surface area (Å²) in [4.78, 5) is 7.74. The number of hydrogen-bond acceptors (Lipinski definition) is 2. The van der Waals surface area contributed by atoms with Crippen molar-refractivity contribution in [3.8, 4) is 11.4 Å². The van der Waals surface area contributed by atoms with Crippen molar-refractivity contribution in [3.63, 3.8) is 0 Å². The summed E-state index contributed by atoms with van der Waals surface area (Å²) in [6, 6.07) is 6.42. The molecule has 0 aliphatic rings. The summed E-state index contributed by atoms with van der Waals surface area (Å²) in [5, 5.41) is 3.10. The highest BCUT2D eigenvalue weighted by atomic mass is 14.9. The van der Waals surface area contributed by atoms with Crippen molar-refractivity contribution in [2.24, 2.45) is 0 Å². The maximum absolute atomic E-state index is 4.41. The third-order valence-corrected chi connectivity index (χ3v) is 2.64. The second kappa shape index (κ2) is 4.49. The number of aromatic nitrogens is 2. The molecule has 1 aromatic heterocycles. The van der Waals surface area contributed by atoms with Gasteiger partial charge in [-0.25, -0.2) is 4.98 Å². The van der Waals surface area contributed by atoms with Crippen LogP contribution in [0.25, 0.3) is 11.4 Å². The highest BCUT2D eigenvalue weighted by Crippen LogP contribution is 2.21. The quantitative estimate of drug-likeness (QED) is 0.825. The lowest BCUT2D eigenvalue weighted by Gasteiger charge is -2.03. The third-order valence-electron chi connectivity index (χ3n) is 2.64. The number of aromatic amines is 1. The Kier molecular flexibility index (Phi) is 3.06. The number of H-pyrrole nitrogens is 1. The first kappa shape index (κ1) is 10.9. The van der Waals surface area contributed by atoms with Crippen molar-refractivity contribution < 1.29 is 0 Å². The number of rotatable bonds is 3. The van der Waals surface area contributed by atoms with Crippen molar-refractivity contribution in [2.75, 3.05) is 7.05 Å². The van der Waals surface area contributed by atoms with E-state index < -0.39 is 0 Å². The van der Waals surface area contributed by atoms with Gasteiger partial charge in [-0.05, 0) is 32.5 Å². The predicted octanol–water partition coefficient (Wildman–Crippen LogP) is 2.41. The van der Waals surface area contributed by atoms with Crippen LogP contribution in [-0.4, -0.2) is 17.0 Å². The molecule has 0 radical (unpaired) electrons. The first-order valence-electron chi connectivity index (χ1n) is 5.47. The molecule has 2 N–H and O–H groups in total. The largest absolute Gasteiger partial charge is 0.341 e. The molecule has 3 heteroatoms. The minimum atomic E-state index is 0.817. The molecule has 0 fully saturated rings. The van der Waals surface area contributed by atoms with Gasteiger partial charge in [0.25, 0.3) is 0 Å². The average molecular weight is 215 g/mol. The lowest BCUT2D eigenvalue weighted by Crippen LogP contribution is -2.04. The van der Waals surface area contributed by atoms with E-state index in [4.69, 9.17) is 0 Å². The lowest BCUT2D eigenvalue weighted by atomic mass is 10.1. The van der Waals surface area contributed by atoms with Gasteiger partial charge in [-0.15, -0.1) is 0 Å². The van der Waals surface area contributed by atoms with Crippen LogP contribution in [0.4, 0.5) is 0 Å². The van der Waals surface area contributed by atoms with Gasteiger partial charge in [0.2, 0.25) is 0 Å². The van der Waals surface area contributed by atoms with Crippen LogP contribution >= 0.6 is 0 Å². The van der Waals surface area contributed by atoms with Crippen LogP contribution in [0.15, 0.2) is 24.4 Å². The molecule has 0 aliphatic carbocycles. The standard InChI is InChI=1S/C13H17N3/c1-9-4-5-10(2)12(6-9)13-15-8-11(16-13)7-14-3/h4-6,8,14H,7H2,1-3H3,(H,15,16). The van der Waals surface area contributed by atoms with Gasteiger partial charge in [0.1, 0.15) is 5.82 Å². The second-order valence-corrected chi connectivity index (χ2v) is 4.11. The van der Waals surface area contributed by atoms with Gasteiger partial charge in [0.05, 0.1) is 0 Å².